The van der Waals surface area contributed by atoms with Crippen molar-refractivity contribution in [2.24, 2.45) is 5.92 Å². The number of rotatable bonds is 3. The van der Waals surface area contributed by atoms with Crippen LogP contribution in [0.2, 0.25) is 0 Å². The van der Waals surface area contributed by atoms with Crippen LogP contribution in [-0.4, -0.2) is 23.8 Å². The molecule has 0 amide bonds. The lowest BCUT2D eigenvalue weighted by Crippen LogP contribution is -2.44. The third-order valence-electron chi connectivity index (χ3n) is 3.95. The number of ketones is 2. The Morgan fingerprint density at radius 1 is 0.786 bits per heavy atom. The first-order valence-electron chi connectivity index (χ1n) is 7.63. The van der Waals surface area contributed by atoms with Gasteiger partial charge in [0.15, 0.2) is 6.10 Å². The van der Waals surface area contributed by atoms with Crippen LogP contribution in [0.5, 0.6) is 5.75 Å². The van der Waals surface area contributed by atoms with Crippen LogP contribution in [0.3, 0.4) is 0 Å². The largest absolute Gasteiger partial charge is 0.481 e. The Kier molecular flexibility index (Phi) is 5.73. The molecule has 1 fully saturated rings. The van der Waals surface area contributed by atoms with Crippen LogP contribution in [0.4, 0.5) is 39.5 Å². The van der Waals surface area contributed by atoms with Crippen LogP contribution < -0.4 is 4.74 Å². The molecule has 2 rings (SSSR count). The zero-order chi connectivity index (χ0) is 21.5. The summed E-state index contributed by atoms with van der Waals surface area (Å²) in [6.45, 7) is 0. The minimum Gasteiger partial charge on any atom is -0.481 e. The van der Waals surface area contributed by atoms with Crippen LogP contribution in [0, 0.1) is 5.92 Å². The smallest absolute Gasteiger partial charge is 0.425 e. The highest BCUT2D eigenvalue weighted by molar-refractivity contribution is 6.01. The van der Waals surface area contributed by atoms with Gasteiger partial charge in [0.1, 0.15) is 17.3 Å². The van der Waals surface area contributed by atoms with E-state index in [0.717, 1.165) is 0 Å². The number of carbonyl (C=O) groups excluding carboxylic acids is 2. The highest BCUT2D eigenvalue weighted by Gasteiger charge is 2.49. The quantitative estimate of drug-likeness (QED) is 0.510. The molecule has 1 atom stereocenters. The first-order valence-corrected chi connectivity index (χ1v) is 7.63. The van der Waals surface area contributed by atoms with E-state index < -0.39 is 78.3 Å². The summed E-state index contributed by atoms with van der Waals surface area (Å²) in [5.41, 5.74) is -3.71. The van der Waals surface area contributed by atoms with Crippen molar-refractivity contribution in [2.75, 3.05) is 0 Å². The first kappa shape index (κ1) is 22.0. The molecule has 0 aromatic heterocycles. The molecule has 156 valence electrons. The lowest BCUT2D eigenvalue weighted by molar-refractivity contribution is -0.212. The van der Waals surface area contributed by atoms with Gasteiger partial charge in [0.05, 0.1) is 17.5 Å². The fraction of sp³-hybridized carbons (Fsp3) is 0.500. The second-order valence-electron chi connectivity index (χ2n) is 6.24. The van der Waals surface area contributed by atoms with E-state index in [1.54, 1.807) is 0 Å². The van der Waals surface area contributed by atoms with Gasteiger partial charge in [-0.25, -0.2) is 0 Å². The molecule has 1 aliphatic rings. The van der Waals surface area contributed by atoms with Gasteiger partial charge in [-0.15, -0.1) is 0 Å². The molecule has 0 unspecified atom stereocenters. The van der Waals surface area contributed by atoms with E-state index in [2.05, 4.69) is 4.74 Å². The summed E-state index contributed by atoms with van der Waals surface area (Å²) in [7, 11) is 0. The van der Waals surface area contributed by atoms with E-state index in [0.29, 0.717) is 0 Å². The number of hydrogen-bond donors (Lipinski definition) is 0. The van der Waals surface area contributed by atoms with Gasteiger partial charge in [0.25, 0.3) is 0 Å². The number of Topliss-reactive ketones (excluding diaryl/α,β-unsaturated/α-hetero) is 2. The SMILES string of the molecule is O=C1CC(=O)CC([C@@H](Oc2cc(C(F)(F)F)cc(C(F)(F)F)c2)C(F)(F)F)C1. The summed E-state index contributed by atoms with van der Waals surface area (Å²) in [6.07, 6.45) is -20.8. The van der Waals surface area contributed by atoms with E-state index in [9.17, 15) is 49.1 Å². The molecule has 12 heteroatoms. The molecule has 1 saturated carbocycles. The summed E-state index contributed by atoms with van der Waals surface area (Å²) in [6, 6.07) is -0.260. The molecule has 0 heterocycles. The number of ether oxygens (including phenoxy) is 1. The zero-order valence-corrected chi connectivity index (χ0v) is 13.6. The molecule has 0 N–H and O–H groups in total. The first-order chi connectivity index (χ1) is 12.6. The second-order valence-corrected chi connectivity index (χ2v) is 6.24. The molecule has 3 nitrogen and oxygen atoms in total. The molecule has 28 heavy (non-hydrogen) atoms. The predicted octanol–water partition coefficient (Wildman–Crippen LogP) is 4.97. The maximum absolute atomic E-state index is 13.3. The van der Waals surface area contributed by atoms with Gasteiger partial charge in [-0.3, -0.25) is 9.59 Å². The molecular formula is C16H11F9O3. The van der Waals surface area contributed by atoms with Crippen LogP contribution in [0.25, 0.3) is 0 Å². The summed E-state index contributed by atoms with van der Waals surface area (Å²) >= 11 is 0. The maximum atomic E-state index is 13.3. The van der Waals surface area contributed by atoms with Crippen molar-refractivity contribution in [3.05, 3.63) is 29.3 Å². The van der Waals surface area contributed by atoms with Crippen LogP contribution in [0.1, 0.15) is 30.4 Å². The Morgan fingerprint density at radius 3 is 1.57 bits per heavy atom. The van der Waals surface area contributed by atoms with E-state index in [1.165, 1.54) is 0 Å². The summed E-state index contributed by atoms with van der Waals surface area (Å²) in [4.78, 5) is 22.8. The van der Waals surface area contributed by atoms with E-state index in [-0.39, 0.29) is 18.2 Å². The van der Waals surface area contributed by atoms with Gasteiger partial charge in [-0.2, -0.15) is 39.5 Å². The standard InChI is InChI=1S/C16H11F9O3/c17-14(18,19)8-3-9(15(20,21)22)5-12(4-8)28-13(16(23,24)25)7-1-10(26)6-11(27)2-7/h3-5,7,13H,1-2,6H2/t13-/m1/s1. The molecule has 1 aromatic carbocycles. The predicted molar refractivity (Wildman–Crippen MR) is 74.3 cm³/mol. The summed E-state index contributed by atoms with van der Waals surface area (Å²) in [5.74, 6) is -4.72. The van der Waals surface area contributed by atoms with E-state index >= 15 is 0 Å². The van der Waals surface area contributed by atoms with Gasteiger partial charge in [0.2, 0.25) is 0 Å². The van der Waals surface area contributed by atoms with Crippen molar-refractivity contribution in [3.8, 4) is 5.75 Å². The number of hydrogen-bond acceptors (Lipinski definition) is 3. The van der Waals surface area contributed by atoms with Crippen molar-refractivity contribution in [1.29, 1.82) is 0 Å². The minimum atomic E-state index is -5.27. The topological polar surface area (TPSA) is 43.4 Å². The number of alkyl halides is 9. The Balaban J connectivity index is 2.46. The second kappa shape index (κ2) is 7.28. The van der Waals surface area contributed by atoms with Gasteiger partial charge in [0, 0.05) is 18.8 Å². The van der Waals surface area contributed by atoms with Crippen molar-refractivity contribution >= 4 is 11.6 Å². The molecule has 0 bridgehead atoms. The molecule has 1 aliphatic carbocycles. The number of halogens is 9. The highest BCUT2D eigenvalue weighted by atomic mass is 19.4. The summed E-state index contributed by atoms with van der Waals surface area (Å²) in [5, 5.41) is 0. The zero-order valence-electron chi connectivity index (χ0n) is 13.6. The number of benzene rings is 1. The van der Waals surface area contributed by atoms with Gasteiger partial charge >= 0.3 is 18.5 Å². The van der Waals surface area contributed by atoms with Crippen molar-refractivity contribution in [1.82, 2.24) is 0 Å². The Morgan fingerprint density at radius 2 is 1.21 bits per heavy atom. The van der Waals surface area contributed by atoms with Crippen LogP contribution in [-0.2, 0) is 21.9 Å². The fourth-order valence-electron chi connectivity index (χ4n) is 2.81. The van der Waals surface area contributed by atoms with Crippen LogP contribution in [0.15, 0.2) is 18.2 Å². The Labute approximate surface area is 151 Å². The number of carbonyl (C=O) groups is 2. The lowest BCUT2D eigenvalue weighted by atomic mass is 9.83. The highest BCUT2D eigenvalue weighted by Crippen LogP contribution is 2.41. The van der Waals surface area contributed by atoms with Crippen molar-refractivity contribution in [2.45, 2.75) is 43.9 Å². The normalized spacial score (nSPS) is 18.3. The van der Waals surface area contributed by atoms with Crippen molar-refractivity contribution in [3.63, 3.8) is 0 Å². The Bertz CT molecular complexity index is 714. The monoisotopic (exact) mass is 422 g/mol. The van der Waals surface area contributed by atoms with Gasteiger partial charge < -0.3 is 4.74 Å². The van der Waals surface area contributed by atoms with Crippen LogP contribution >= 0.6 is 0 Å². The average Bonchev–Trinajstić information content (AvgIpc) is 2.48. The third-order valence-corrected chi connectivity index (χ3v) is 3.95. The molecule has 0 saturated heterocycles. The summed E-state index contributed by atoms with van der Waals surface area (Å²) < 4.78 is 121. The minimum absolute atomic E-state index is 0.000446. The molecule has 1 aromatic rings. The maximum Gasteiger partial charge on any atom is 0.425 e. The molecule has 0 spiro atoms. The third kappa shape index (κ3) is 5.38. The van der Waals surface area contributed by atoms with Gasteiger partial charge in [-0.1, -0.05) is 0 Å². The molecular weight excluding hydrogens is 411 g/mol. The molecule has 0 aliphatic heterocycles. The fourth-order valence-corrected chi connectivity index (χ4v) is 2.81. The van der Waals surface area contributed by atoms with Crippen molar-refractivity contribution < 1.29 is 53.8 Å². The lowest BCUT2D eigenvalue weighted by Gasteiger charge is -2.31. The van der Waals surface area contributed by atoms with Gasteiger partial charge in [-0.05, 0) is 18.2 Å². The van der Waals surface area contributed by atoms with E-state index in [4.69, 9.17) is 0 Å². The van der Waals surface area contributed by atoms with E-state index in [1.807, 2.05) is 0 Å². The Hall–Kier alpha value is -2.27. The average molecular weight is 422 g/mol. The molecule has 0 radical (unpaired) electrons.